The third kappa shape index (κ3) is 2.79. The van der Waals surface area contributed by atoms with Crippen molar-refractivity contribution in [1.82, 2.24) is 0 Å². The standard InChI is InChI=1S/C17H16N2O2/c18-14-5-1-12(2-6-14)11-13-3-7-15(8-4-13)19-16(20)9-10-17(19)21/h1,3-5,7-10H,2,6,11,18H2. The van der Waals surface area contributed by atoms with Gasteiger partial charge in [0.25, 0.3) is 11.8 Å². The molecule has 1 aromatic carbocycles. The predicted octanol–water partition coefficient (Wildman–Crippen LogP) is 2.22. The number of amides is 2. The maximum atomic E-state index is 11.6. The van der Waals surface area contributed by atoms with Crippen molar-refractivity contribution >= 4 is 17.5 Å². The second-order valence-corrected chi connectivity index (χ2v) is 5.25. The van der Waals surface area contributed by atoms with Crippen LogP contribution in [-0.4, -0.2) is 11.8 Å². The maximum absolute atomic E-state index is 11.6. The Morgan fingerprint density at radius 2 is 1.62 bits per heavy atom. The van der Waals surface area contributed by atoms with E-state index in [0.29, 0.717) is 5.69 Å². The predicted molar refractivity (Wildman–Crippen MR) is 81.4 cm³/mol. The van der Waals surface area contributed by atoms with Crippen LogP contribution in [0.25, 0.3) is 0 Å². The summed E-state index contributed by atoms with van der Waals surface area (Å²) in [7, 11) is 0. The van der Waals surface area contributed by atoms with Gasteiger partial charge in [0.05, 0.1) is 5.69 Å². The fraction of sp³-hybridized carbons (Fsp3) is 0.176. The number of hydrogen-bond acceptors (Lipinski definition) is 3. The number of rotatable bonds is 3. The number of imide groups is 1. The summed E-state index contributed by atoms with van der Waals surface area (Å²) in [4.78, 5) is 24.4. The van der Waals surface area contributed by atoms with Crippen LogP contribution in [0.4, 0.5) is 5.69 Å². The average molecular weight is 280 g/mol. The molecule has 0 fully saturated rings. The average Bonchev–Trinajstić information content (AvgIpc) is 2.82. The van der Waals surface area contributed by atoms with Gasteiger partial charge >= 0.3 is 0 Å². The van der Waals surface area contributed by atoms with Crippen LogP contribution >= 0.6 is 0 Å². The topological polar surface area (TPSA) is 63.4 Å². The molecule has 1 heterocycles. The Morgan fingerprint density at radius 1 is 0.952 bits per heavy atom. The molecule has 2 amide bonds. The van der Waals surface area contributed by atoms with Crippen LogP contribution in [0.15, 0.2) is 59.8 Å². The van der Waals surface area contributed by atoms with E-state index >= 15 is 0 Å². The Balaban J connectivity index is 1.73. The second kappa shape index (κ2) is 5.40. The van der Waals surface area contributed by atoms with Gasteiger partial charge in [0, 0.05) is 17.8 Å². The van der Waals surface area contributed by atoms with E-state index in [9.17, 15) is 9.59 Å². The highest BCUT2D eigenvalue weighted by Gasteiger charge is 2.24. The van der Waals surface area contributed by atoms with Gasteiger partial charge in [0.1, 0.15) is 0 Å². The molecule has 3 rings (SSSR count). The smallest absolute Gasteiger partial charge is 0.258 e. The van der Waals surface area contributed by atoms with Crippen molar-refractivity contribution < 1.29 is 9.59 Å². The Labute approximate surface area is 123 Å². The minimum absolute atomic E-state index is 0.289. The zero-order chi connectivity index (χ0) is 14.8. The monoisotopic (exact) mass is 280 g/mol. The van der Waals surface area contributed by atoms with Gasteiger partial charge in [-0.1, -0.05) is 23.8 Å². The van der Waals surface area contributed by atoms with E-state index in [4.69, 9.17) is 5.73 Å². The van der Waals surface area contributed by atoms with Crippen LogP contribution in [0.2, 0.25) is 0 Å². The van der Waals surface area contributed by atoms with Crippen LogP contribution in [0.5, 0.6) is 0 Å². The lowest BCUT2D eigenvalue weighted by Crippen LogP contribution is -2.29. The molecule has 1 aliphatic heterocycles. The van der Waals surface area contributed by atoms with Gasteiger partial charge in [0.2, 0.25) is 0 Å². The summed E-state index contributed by atoms with van der Waals surface area (Å²) in [6, 6.07) is 7.53. The maximum Gasteiger partial charge on any atom is 0.258 e. The van der Waals surface area contributed by atoms with E-state index in [2.05, 4.69) is 6.08 Å². The number of nitrogens with zero attached hydrogens (tertiary/aromatic N) is 1. The van der Waals surface area contributed by atoms with Crippen molar-refractivity contribution in [1.29, 1.82) is 0 Å². The summed E-state index contributed by atoms with van der Waals surface area (Å²) in [6.07, 6.45) is 9.37. The number of allylic oxidation sites excluding steroid dienone is 4. The SMILES string of the molecule is NC1=CC=C(Cc2ccc(N3C(=O)C=CC3=O)cc2)CC1. The quantitative estimate of drug-likeness (QED) is 0.863. The molecule has 0 radical (unpaired) electrons. The summed E-state index contributed by atoms with van der Waals surface area (Å²) in [5.41, 5.74) is 9.78. The lowest BCUT2D eigenvalue weighted by Gasteiger charge is -2.15. The Kier molecular flexibility index (Phi) is 3.44. The normalized spacial score (nSPS) is 18.0. The highest BCUT2D eigenvalue weighted by Crippen LogP contribution is 2.23. The molecule has 21 heavy (non-hydrogen) atoms. The number of benzene rings is 1. The fourth-order valence-electron chi connectivity index (χ4n) is 2.52. The number of carbonyl (C=O) groups is 2. The number of anilines is 1. The molecule has 0 saturated heterocycles. The first-order valence-corrected chi connectivity index (χ1v) is 6.92. The van der Waals surface area contributed by atoms with Gasteiger partial charge in [-0.3, -0.25) is 9.59 Å². The van der Waals surface area contributed by atoms with Crippen LogP contribution in [-0.2, 0) is 16.0 Å². The Bertz CT molecular complexity index is 663. The van der Waals surface area contributed by atoms with Crippen molar-refractivity contribution in [2.45, 2.75) is 19.3 Å². The van der Waals surface area contributed by atoms with Crippen LogP contribution in [0, 0.1) is 0 Å². The number of carbonyl (C=O) groups excluding carboxylic acids is 2. The molecule has 1 aliphatic carbocycles. The van der Waals surface area contributed by atoms with Gasteiger partial charge in [-0.15, -0.1) is 0 Å². The largest absolute Gasteiger partial charge is 0.402 e. The van der Waals surface area contributed by atoms with E-state index in [1.807, 2.05) is 30.3 Å². The summed E-state index contributed by atoms with van der Waals surface area (Å²) in [6.45, 7) is 0. The number of hydrogen-bond donors (Lipinski definition) is 1. The van der Waals surface area contributed by atoms with Gasteiger partial charge < -0.3 is 5.73 Å². The van der Waals surface area contributed by atoms with Crippen LogP contribution in [0.1, 0.15) is 18.4 Å². The lowest BCUT2D eigenvalue weighted by molar-refractivity contribution is -0.119. The minimum atomic E-state index is -0.289. The molecule has 2 N–H and O–H groups in total. The van der Waals surface area contributed by atoms with Crippen molar-refractivity contribution in [2.75, 3.05) is 4.90 Å². The van der Waals surface area contributed by atoms with Crippen LogP contribution in [0.3, 0.4) is 0 Å². The molecule has 0 spiro atoms. The highest BCUT2D eigenvalue weighted by atomic mass is 16.2. The molecule has 106 valence electrons. The molecule has 4 heteroatoms. The molecule has 0 unspecified atom stereocenters. The highest BCUT2D eigenvalue weighted by molar-refractivity contribution is 6.28. The number of nitrogens with two attached hydrogens (primary N) is 1. The van der Waals surface area contributed by atoms with Crippen molar-refractivity contribution in [2.24, 2.45) is 5.73 Å². The summed E-state index contributed by atoms with van der Waals surface area (Å²) < 4.78 is 0. The summed E-state index contributed by atoms with van der Waals surface area (Å²) in [5.74, 6) is -0.577. The molecule has 2 aliphatic rings. The first-order valence-electron chi connectivity index (χ1n) is 6.92. The van der Waals surface area contributed by atoms with Crippen molar-refractivity contribution in [3.8, 4) is 0 Å². The van der Waals surface area contributed by atoms with Crippen LogP contribution < -0.4 is 10.6 Å². The first kappa shape index (κ1) is 13.4. The Hall–Kier alpha value is -2.62. The molecule has 4 nitrogen and oxygen atoms in total. The second-order valence-electron chi connectivity index (χ2n) is 5.25. The third-order valence-corrected chi connectivity index (χ3v) is 3.70. The third-order valence-electron chi connectivity index (χ3n) is 3.70. The van der Waals surface area contributed by atoms with Crippen molar-refractivity contribution in [3.05, 3.63) is 65.4 Å². The summed E-state index contributed by atoms with van der Waals surface area (Å²) >= 11 is 0. The van der Waals surface area contributed by atoms with E-state index in [-0.39, 0.29) is 11.8 Å². The van der Waals surface area contributed by atoms with Gasteiger partial charge in [-0.05, 0) is 43.0 Å². The molecular weight excluding hydrogens is 264 g/mol. The zero-order valence-corrected chi connectivity index (χ0v) is 11.6. The minimum Gasteiger partial charge on any atom is -0.402 e. The van der Waals surface area contributed by atoms with E-state index in [1.54, 1.807) is 0 Å². The lowest BCUT2D eigenvalue weighted by atomic mass is 9.96. The van der Waals surface area contributed by atoms with E-state index in [1.165, 1.54) is 22.6 Å². The molecular formula is C17H16N2O2. The molecule has 0 aromatic heterocycles. The molecule has 0 atom stereocenters. The molecule has 1 aromatic rings. The van der Waals surface area contributed by atoms with Gasteiger partial charge in [-0.25, -0.2) is 4.90 Å². The van der Waals surface area contributed by atoms with E-state index < -0.39 is 0 Å². The Morgan fingerprint density at radius 3 is 2.19 bits per heavy atom. The summed E-state index contributed by atoms with van der Waals surface area (Å²) in [5, 5.41) is 0. The van der Waals surface area contributed by atoms with Gasteiger partial charge in [-0.2, -0.15) is 0 Å². The first-order chi connectivity index (χ1) is 10.1. The molecule has 0 saturated carbocycles. The zero-order valence-electron chi connectivity index (χ0n) is 11.6. The fourth-order valence-corrected chi connectivity index (χ4v) is 2.52. The molecule has 0 bridgehead atoms. The van der Waals surface area contributed by atoms with Gasteiger partial charge in [0.15, 0.2) is 0 Å². The van der Waals surface area contributed by atoms with E-state index in [0.717, 1.165) is 30.5 Å². The van der Waals surface area contributed by atoms with Crippen molar-refractivity contribution in [3.63, 3.8) is 0 Å².